The van der Waals surface area contributed by atoms with Gasteiger partial charge in [-0.25, -0.2) is 0 Å². The Labute approximate surface area is 178 Å². The predicted molar refractivity (Wildman–Crippen MR) is 117 cm³/mol. The number of carbonyl (C=O) groups is 1. The molecule has 4 fully saturated rings. The zero-order chi connectivity index (χ0) is 21.1. The van der Waals surface area contributed by atoms with Crippen LogP contribution in [0.2, 0.25) is 0 Å². The molecule has 3 N–H and O–H groups in total. The molecule has 4 nitrogen and oxygen atoms in total. The summed E-state index contributed by atoms with van der Waals surface area (Å²) in [5.74, 6) is 6.98. The van der Waals surface area contributed by atoms with Crippen LogP contribution >= 0.6 is 0 Å². The van der Waals surface area contributed by atoms with Gasteiger partial charge in [-0.1, -0.05) is 40.5 Å². The van der Waals surface area contributed by atoms with Gasteiger partial charge in [0.25, 0.3) is 0 Å². The Balaban J connectivity index is 0.000000166. The van der Waals surface area contributed by atoms with E-state index in [0.717, 1.165) is 48.9 Å². The monoisotopic (exact) mass is 407 g/mol. The second-order valence-corrected chi connectivity index (χ2v) is 11.1. The number of amides is 1. The van der Waals surface area contributed by atoms with Gasteiger partial charge in [-0.3, -0.25) is 4.79 Å². The van der Waals surface area contributed by atoms with Crippen LogP contribution in [0.15, 0.2) is 0 Å². The van der Waals surface area contributed by atoms with Crippen molar-refractivity contribution in [3.8, 4) is 0 Å². The maximum atomic E-state index is 11.7. The van der Waals surface area contributed by atoms with Crippen LogP contribution in [-0.4, -0.2) is 35.4 Å². The highest BCUT2D eigenvalue weighted by Gasteiger charge is 2.55. The molecule has 4 aliphatic carbocycles. The van der Waals surface area contributed by atoms with Crippen molar-refractivity contribution < 1.29 is 15.0 Å². The SMILES string of the molecule is CC(C)C1CC2C3CC(O)C(C3)C2C1.CC(C)C1CCCC(C(=O)NCCO)C1. The van der Waals surface area contributed by atoms with Crippen LogP contribution < -0.4 is 5.32 Å². The summed E-state index contributed by atoms with van der Waals surface area (Å²) < 4.78 is 0. The van der Waals surface area contributed by atoms with Gasteiger partial charge in [0.2, 0.25) is 5.91 Å². The molecule has 0 spiro atoms. The molecule has 4 rings (SSSR count). The Morgan fingerprint density at radius 3 is 2.24 bits per heavy atom. The second-order valence-electron chi connectivity index (χ2n) is 11.1. The minimum atomic E-state index is 0.0338. The minimum Gasteiger partial charge on any atom is -0.395 e. The summed E-state index contributed by atoms with van der Waals surface area (Å²) in [6.07, 6.45) is 9.89. The van der Waals surface area contributed by atoms with E-state index < -0.39 is 0 Å². The van der Waals surface area contributed by atoms with Gasteiger partial charge in [0.1, 0.15) is 0 Å². The number of nitrogens with one attached hydrogen (secondary N) is 1. The van der Waals surface area contributed by atoms with E-state index in [1.54, 1.807) is 0 Å². The summed E-state index contributed by atoms with van der Waals surface area (Å²) in [6, 6.07) is 0. The molecule has 2 bridgehead atoms. The van der Waals surface area contributed by atoms with Crippen LogP contribution in [0.25, 0.3) is 0 Å². The average Bonchev–Trinajstić information content (AvgIpc) is 3.38. The number of carbonyl (C=O) groups excluding carboxylic acids is 1. The Bertz CT molecular complexity index is 534. The van der Waals surface area contributed by atoms with Gasteiger partial charge < -0.3 is 15.5 Å². The van der Waals surface area contributed by atoms with Gasteiger partial charge >= 0.3 is 0 Å². The zero-order valence-corrected chi connectivity index (χ0v) is 19.1. The minimum absolute atomic E-state index is 0.0338. The van der Waals surface area contributed by atoms with Crippen molar-refractivity contribution in [2.75, 3.05) is 13.2 Å². The number of hydrogen-bond acceptors (Lipinski definition) is 3. The molecular weight excluding hydrogens is 362 g/mol. The maximum absolute atomic E-state index is 11.7. The van der Waals surface area contributed by atoms with Gasteiger partial charge in [0.15, 0.2) is 0 Å². The Morgan fingerprint density at radius 1 is 0.897 bits per heavy atom. The first-order valence-corrected chi connectivity index (χ1v) is 12.4. The van der Waals surface area contributed by atoms with Crippen molar-refractivity contribution in [2.45, 2.75) is 85.2 Å². The zero-order valence-electron chi connectivity index (χ0n) is 19.1. The molecule has 0 aromatic rings. The Morgan fingerprint density at radius 2 is 1.59 bits per heavy atom. The molecule has 0 saturated heterocycles. The van der Waals surface area contributed by atoms with E-state index in [1.165, 1.54) is 32.1 Å². The summed E-state index contributed by atoms with van der Waals surface area (Å²) in [5.41, 5.74) is 0. The molecule has 8 atom stereocenters. The molecule has 0 radical (unpaired) electrons. The number of aliphatic hydroxyl groups is 2. The molecule has 1 amide bonds. The van der Waals surface area contributed by atoms with Crippen LogP contribution in [0.3, 0.4) is 0 Å². The molecular formula is C25H45NO3. The van der Waals surface area contributed by atoms with E-state index in [4.69, 9.17) is 5.11 Å². The largest absolute Gasteiger partial charge is 0.395 e. The molecule has 0 heterocycles. The molecule has 0 aromatic carbocycles. The summed E-state index contributed by atoms with van der Waals surface area (Å²) in [6.45, 7) is 9.62. The fraction of sp³-hybridized carbons (Fsp3) is 0.960. The van der Waals surface area contributed by atoms with E-state index in [0.29, 0.717) is 24.3 Å². The molecule has 0 aliphatic heterocycles. The Hall–Kier alpha value is -0.610. The van der Waals surface area contributed by atoms with Crippen molar-refractivity contribution in [1.29, 1.82) is 0 Å². The summed E-state index contributed by atoms with van der Waals surface area (Å²) in [7, 11) is 0. The lowest BCUT2D eigenvalue weighted by Gasteiger charge is -2.30. The Kier molecular flexibility index (Phi) is 8.06. The van der Waals surface area contributed by atoms with Gasteiger partial charge in [-0.05, 0) is 85.9 Å². The topological polar surface area (TPSA) is 69.6 Å². The van der Waals surface area contributed by atoms with Crippen molar-refractivity contribution >= 4 is 5.91 Å². The first kappa shape index (κ1) is 23.1. The lowest BCUT2D eigenvalue weighted by atomic mass is 9.76. The third kappa shape index (κ3) is 5.36. The first-order valence-electron chi connectivity index (χ1n) is 12.4. The van der Waals surface area contributed by atoms with Gasteiger partial charge in [0.05, 0.1) is 12.7 Å². The lowest BCUT2D eigenvalue weighted by molar-refractivity contribution is -0.126. The third-order valence-electron chi connectivity index (χ3n) is 8.85. The molecule has 0 aromatic heterocycles. The predicted octanol–water partition coefficient (Wildman–Crippen LogP) is 4.24. The van der Waals surface area contributed by atoms with Crippen LogP contribution in [0.4, 0.5) is 0 Å². The highest BCUT2D eigenvalue weighted by atomic mass is 16.3. The normalized spacial score (nSPS) is 40.7. The van der Waals surface area contributed by atoms with Crippen LogP contribution in [0.1, 0.15) is 79.1 Å². The van der Waals surface area contributed by atoms with E-state index in [-0.39, 0.29) is 24.5 Å². The molecule has 29 heavy (non-hydrogen) atoms. The van der Waals surface area contributed by atoms with E-state index in [2.05, 4.69) is 33.0 Å². The van der Waals surface area contributed by atoms with E-state index in [1.807, 2.05) is 0 Å². The fourth-order valence-electron chi connectivity index (χ4n) is 7.02. The number of aliphatic hydroxyl groups excluding tert-OH is 2. The molecule has 4 heteroatoms. The smallest absolute Gasteiger partial charge is 0.223 e. The summed E-state index contributed by atoms with van der Waals surface area (Å²) in [4.78, 5) is 11.7. The standard InChI is InChI=1S/C13H22O.C12H23NO2/c1-7(2)8-3-10-9-5-12(11(10)4-8)13(14)6-9;1-9(2)10-4-3-5-11(8-10)12(15)13-6-7-14/h7-14H,3-6H2,1-2H3;9-11,14H,3-8H2,1-2H3,(H,13,15). The van der Waals surface area contributed by atoms with Gasteiger partial charge in [-0.2, -0.15) is 0 Å². The van der Waals surface area contributed by atoms with Crippen LogP contribution in [0, 0.1) is 53.3 Å². The summed E-state index contributed by atoms with van der Waals surface area (Å²) >= 11 is 0. The lowest BCUT2D eigenvalue weighted by Crippen LogP contribution is -2.36. The molecule has 8 unspecified atom stereocenters. The van der Waals surface area contributed by atoms with Crippen LogP contribution in [0.5, 0.6) is 0 Å². The second kappa shape index (κ2) is 10.1. The molecule has 4 saturated carbocycles. The van der Waals surface area contributed by atoms with Crippen LogP contribution in [-0.2, 0) is 4.79 Å². The van der Waals surface area contributed by atoms with Crippen molar-refractivity contribution in [1.82, 2.24) is 5.32 Å². The van der Waals surface area contributed by atoms with E-state index >= 15 is 0 Å². The quantitative estimate of drug-likeness (QED) is 0.638. The van der Waals surface area contributed by atoms with Crippen molar-refractivity contribution in [3.05, 3.63) is 0 Å². The van der Waals surface area contributed by atoms with Gasteiger partial charge in [-0.15, -0.1) is 0 Å². The van der Waals surface area contributed by atoms with Crippen molar-refractivity contribution in [3.63, 3.8) is 0 Å². The highest BCUT2D eigenvalue weighted by Crippen LogP contribution is 2.60. The summed E-state index contributed by atoms with van der Waals surface area (Å²) in [5, 5.41) is 21.3. The highest BCUT2D eigenvalue weighted by molar-refractivity contribution is 5.78. The number of fused-ring (bicyclic) bond motifs is 5. The first-order chi connectivity index (χ1) is 13.8. The maximum Gasteiger partial charge on any atom is 0.223 e. The van der Waals surface area contributed by atoms with Gasteiger partial charge in [0, 0.05) is 12.5 Å². The number of rotatable bonds is 5. The fourth-order valence-corrected chi connectivity index (χ4v) is 7.02. The molecule has 168 valence electrons. The van der Waals surface area contributed by atoms with Crippen molar-refractivity contribution in [2.24, 2.45) is 53.3 Å². The van der Waals surface area contributed by atoms with E-state index in [9.17, 15) is 9.90 Å². The average molecular weight is 408 g/mol. The molecule has 4 aliphatic rings. The number of hydrogen-bond donors (Lipinski definition) is 3. The third-order valence-corrected chi connectivity index (χ3v) is 8.85.